The molecule has 1 aliphatic rings. The smallest absolute Gasteiger partial charge is 0.0913 e. The van der Waals surface area contributed by atoms with E-state index < -0.39 is 6.10 Å². The lowest BCUT2D eigenvalue weighted by Gasteiger charge is -2.29. The fourth-order valence-corrected chi connectivity index (χ4v) is 1.98. The van der Waals surface area contributed by atoms with Gasteiger partial charge in [-0.25, -0.2) is 0 Å². The van der Waals surface area contributed by atoms with E-state index >= 15 is 0 Å². The summed E-state index contributed by atoms with van der Waals surface area (Å²) in [5.74, 6) is 0. The average molecular weight is 189 g/mol. The van der Waals surface area contributed by atoms with Crippen molar-refractivity contribution >= 4 is 0 Å². The van der Waals surface area contributed by atoms with E-state index in [-0.39, 0.29) is 6.04 Å². The van der Waals surface area contributed by atoms with Crippen LogP contribution in [-0.2, 0) is 6.42 Å². The molecule has 0 spiro atoms. The molecule has 0 radical (unpaired) electrons. The Labute approximate surface area is 84.3 Å². The van der Waals surface area contributed by atoms with Crippen molar-refractivity contribution in [2.75, 3.05) is 6.54 Å². The average Bonchev–Trinajstić information content (AvgIpc) is 2.27. The van der Waals surface area contributed by atoms with Gasteiger partial charge in [0.2, 0.25) is 0 Å². The molecule has 0 aromatic heterocycles. The number of aliphatic hydroxyl groups is 1. The lowest BCUT2D eigenvalue weighted by Crippen LogP contribution is -2.36. The Kier molecular flexibility index (Phi) is 2.66. The van der Waals surface area contributed by atoms with Gasteiger partial charge in [-0.05, 0) is 24.1 Å². The first-order valence-corrected chi connectivity index (χ1v) is 4.94. The standard InChI is InChI=1S/C12H15NO/c1-2-11(14)12-10-6-4-3-5-9(10)7-8-13-12/h2-6,11-14H,1,7-8H2. The van der Waals surface area contributed by atoms with Crippen molar-refractivity contribution in [3.63, 3.8) is 0 Å². The van der Waals surface area contributed by atoms with E-state index in [9.17, 15) is 5.11 Å². The highest BCUT2D eigenvalue weighted by atomic mass is 16.3. The summed E-state index contributed by atoms with van der Waals surface area (Å²) in [6.07, 6.45) is 2.12. The van der Waals surface area contributed by atoms with Crippen molar-refractivity contribution in [3.05, 3.63) is 48.0 Å². The second-order valence-corrected chi connectivity index (χ2v) is 3.61. The lowest BCUT2D eigenvalue weighted by atomic mass is 9.91. The normalized spacial score (nSPS) is 22.5. The molecule has 1 aromatic carbocycles. The van der Waals surface area contributed by atoms with Gasteiger partial charge in [0.15, 0.2) is 0 Å². The van der Waals surface area contributed by atoms with Crippen molar-refractivity contribution < 1.29 is 5.11 Å². The minimum Gasteiger partial charge on any atom is -0.387 e. The highest BCUT2D eigenvalue weighted by Gasteiger charge is 2.23. The minimum absolute atomic E-state index is 0.0115. The number of benzene rings is 1. The zero-order valence-electron chi connectivity index (χ0n) is 8.11. The summed E-state index contributed by atoms with van der Waals surface area (Å²) in [7, 11) is 0. The van der Waals surface area contributed by atoms with Gasteiger partial charge < -0.3 is 10.4 Å². The van der Waals surface area contributed by atoms with E-state index in [0.717, 1.165) is 13.0 Å². The monoisotopic (exact) mass is 189 g/mol. The molecule has 2 N–H and O–H groups in total. The van der Waals surface area contributed by atoms with Crippen molar-refractivity contribution in [3.8, 4) is 0 Å². The molecular weight excluding hydrogens is 174 g/mol. The van der Waals surface area contributed by atoms with Crippen molar-refractivity contribution in [2.45, 2.75) is 18.6 Å². The molecule has 0 fully saturated rings. The molecule has 1 heterocycles. The summed E-state index contributed by atoms with van der Waals surface area (Å²) in [6.45, 7) is 4.54. The van der Waals surface area contributed by atoms with E-state index in [2.05, 4.69) is 24.0 Å². The molecule has 0 bridgehead atoms. The third kappa shape index (κ3) is 1.59. The van der Waals surface area contributed by atoms with Gasteiger partial charge in [-0.3, -0.25) is 0 Å². The second kappa shape index (κ2) is 3.95. The van der Waals surface area contributed by atoms with Crippen molar-refractivity contribution in [1.29, 1.82) is 0 Å². The van der Waals surface area contributed by atoms with Gasteiger partial charge in [-0.1, -0.05) is 30.3 Å². The van der Waals surface area contributed by atoms with Gasteiger partial charge in [0.05, 0.1) is 12.1 Å². The molecule has 0 saturated carbocycles. The molecule has 0 saturated heterocycles. The molecule has 2 unspecified atom stereocenters. The maximum absolute atomic E-state index is 9.75. The van der Waals surface area contributed by atoms with E-state index in [0.29, 0.717) is 0 Å². The number of aliphatic hydroxyl groups excluding tert-OH is 1. The molecule has 2 nitrogen and oxygen atoms in total. The molecule has 1 aliphatic heterocycles. The molecule has 1 aromatic rings. The molecule has 2 atom stereocenters. The van der Waals surface area contributed by atoms with Gasteiger partial charge in [0.25, 0.3) is 0 Å². The van der Waals surface area contributed by atoms with Crippen LogP contribution in [0.4, 0.5) is 0 Å². The molecule has 2 heteroatoms. The number of fused-ring (bicyclic) bond motifs is 1. The Morgan fingerprint density at radius 3 is 3.07 bits per heavy atom. The Balaban J connectivity index is 2.35. The van der Waals surface area contributed by atoms with Gasteiger partial charge >= 0.3 is 0 Å². The minimum atomic E-state index is -0.503. The quantitative estimate of drug-likeness (QED) is 0.690. The van der Waals surface area contributed by atoms with E-state index in [1.165, 1.54) is 11.1 Å². The van der Waals surface area contributed by atoms with E-state index in [1.54, 1.807) is 6.08 Å². The van der Waals surface area contributed by atoms with Crippen LogP contribution in [0.5, 0.6) is 0 Å². The second-order valence-electron chi connectivity index (χ2n) is 3.61. The highest BCUT2D eigenvalue weighted by molar-refractivity contribution is 5.33. The van der Waals surface area contributed by atoms with Gasteiger partial charge in [-0.15, -0.1) is 6.58 Å². The summed E-state index contributed by atoms with van der Waals surface area (Å²) < 4.78 is 0. The zero-order valence-corrected chi connectivity index (χ0v) is 8.11. The van der Waals surface area contributed by atoms with Crippen LogP contribution in [0.15, 0.2) is 36.9 Å². The number of nitrogens with one attached hydrogen (secondary N) is 1. The van der Waals surface area contributed by atoms with E-state index in [4.69, 9.17) is 0 Å². The summed E-state index contributed by atoms with van der Waals surface area (Å²) in [5, 5.41) is 13.1. The number of hydrogen-bond acceptors (Lipinski definition) is 2. The first kappa shape index (κ1) is 9.44. The third-order valence-electron chi connectivity index (χ3n) is 2.73. The van der Waals surface area contributed by atoms with Crippen LogP contribution in [0.3, 0.4) is 0 Å². The van der Waals surface area contributed by atoms with Crippen LogP contribution in [0, 0.1) is 0 Å². The molecule has 2 rings (SSSR count). The van der Waals surface area contributed by atoms with Crippen LogP contribution in [0.25, 0.3) is 0 Å². The van der Waals surface area contributed by atoms with Crippen molar-refractivity contribution in [1.82, 2.24) is 5.32 Å². The van der Waals surface area contributed by atoms with Gasteiger partial charge in [-0.2, -0.15) is 0 Å². The topological polar surface area (TPSA) is 32.3 Å². The maximum Gasteiger partial charge on any atom is 0.0913 e. The van der Waals surface area contributed by atoms with Crippen molar-refractivity contribution in [2.24, 2.45) is 0 Å². The van der Waals surface area contributed by atoms with Crippen LogP contribution in [0.2, 0.25) is 0 Å². The number of hydrogen-bond donors (Lipinski definition) is 2. The van der Waals surface area contributed by atoms with Crippen LogP contribution in [-0.4, -0.2) is 17.8 Å². The predicted octanol–water partition coefficient (Wildman–Crippen LogP) is 1.42. The largest absolute Gasteiger partial charge is 0.387 e. The summed E-state index contributed by atoms with van der Waals surface area (Å²) in [4.78, 5) is 0. The molecule has 74 valence electrons. The zero-order chi connectivity index (χ0) is 9.97. The van der Waals surface area contributed by atoms with Gasteiger partial charge in [0, 0.05) is 0 Å². The Hall–Kier alpha value is -1.12. The number of rotatable bonds is 2. The Bertz CT molecular complexity index is 335. The third-order valence-corrected chi connectivity index (χ3v) is 2.73. The van der Waals surface area contributed by atoms with Crippen LogP contribution in [0.1, 0.15) is 17.2 Å². The SMILES string of the molecule is C=CC(O)C1NCCc2ccccc21. The lowest BCUT2D eigenvalue weighted by molar-refractivity contribution is 0.169. The van der Waals surface area contributed by atoms with E-state index in [1.807, 2.05) is 12.1 Å². The first-order valence-electron chi connectivity index (χ1n) is 4.94. The molecule has 0 amide bonds. The first-order chi connectivity index (χ1) is 6.83. The summed E-state index contributed by atoms with van der Waals surface area (Å²) >= 11 is 0. The molecular formula is C12H15NO. The van der Waals surface area contributed by atoms with Crippen LogP contribution >= 0.6 is 0 Å². The fourth-order valence-electron chi connectivity index (χ4n) is 1.98. The Morgan fingerprint density at radius 2 is 2.29 bits per heavy atom. The Morgan fingerprint density at radius 1 is 1.50 bits per heavy atom. The molecule has 14 heavy (non-hydrogen) atoms. The van der Waals surface area contributed by atoms with Crippen LogP contribution < -0.4 is 5.32 Å². The van der Waals surface area contributed by atoms with Gasteiger partial charge in [0.1, 0.15) is 0 Å². The maximum atomic E-state index is 9.75. The highest BCUT2D eigenvalue weighted by Crippen LogP contribution is 2.25. The summed E-state index contributed by atoms with van der Waals surface area (Å²) in [6, 6.07) is 8.26. The molecule has 0 aliphatic carbocycles. The summed E-state index contributed by atoms with van der Waals surface area (Å²) in [5.41, 5.74) is 2.53. The predicted molar refractivity (Wildman–Crippen MR) is 57.1 cm³/mol. The fraction of sp³-hybridized carbons (Fsp3) is 0.333.